The van der Waals surface area contributed by atoms with Gasteiger partial charge in [0.1, 0.15) is 18.8 Å². The summed E-state index contributed by atoms with van der Waals surface area (Å²) in [6.07, 6.45) is 0.757. The van der Waals surface area contributed by atoms with Gasteiger partial charge in [0.2, 0.25) is 0 Å². The van der Waals surface area contributed by atoms with Crippen molar-refractivity contribution in [1.82, 2.24) is 0 Å². The first-order chi connectivity index (χ1) is 38.8. The summed E-state index contributed by atoms with van der Waals surface area (Å²) in [6.45, 7) is 23.2. The Kier molecular flexibility index (Phi) is 17.6. The number of allylic oxidation sites excluding steroid dienone is 2. The molecular weight excluding hydrogens is 1040 g/mol. The summed E-state index contributed by atoms with van der Waals surface area (Å²) >= 11 is 0. The van der Waals surface area contributed by atoms with Gasteiger partial charge in [-0.1, -0.05) is 119 Å². The first-order valence-corrected chi connectivity index (χ1v) is 29.7. The molecule has 13 heteroatoms. The Morgan fingerprint density at radius 2 is 1.09 bits per heavy atom. The topological polar surface area (TPSA) is 170 Å². The van der Waals surface area contributed by atoms with Gasteiger partial charge in [-0.2, -0.15) is 0 Å². The number of hydrogen-bond donors (Lipinski definition) is 1. The third-order valence-electron chi connectivity index (χ3n) is 20.2. The molecule has 1 aliphatic heterocycles. The van der Waals surface area contributed by atoms with Crippen LogP contribution in [0.25, 0.3) is 0 Å². The minimum atomic E-state index is -1.56. The fraction of sp³-hybridized carbons (Fsp3) is 0.551. The Bertz CT molecular complexity index is 2930. The molecule has 4 aromatic rings. The van der Waals surface area contributed by atoms with E-state index >= 15 is 0 Å². The summed E-state index contributed by atoms with van der Waals surface area (Å²) < 4.78 is 46.3. The molecule has 82 heavy (non-hydrogen) atoms. The molecule has 13 nitrogen and oxygen atoms in total. The number of rotatable bonds is 16. The number of carbonyl (C=O) groups excluding carboxylic acids is 5. The average Bonchev–Trinajstić information content (AvgIpc) is 1.26. The lowest BCUT2D eigenvalue weighted by Gasteiger charge is -2.71. The van der Waals surface area contributed by atoms with Crippen LogP contribution in [0, 0.1) is 50.7 Å². The smallest absolute Gasteiger partial charge is 0.338 e. The monoisotopic (exact) mass is 1120 g/mol. The predicted molar refractivity (Wildman–Crippen MR) is 310 cm³/mol. The second-order valence-electron chi connectivity index (χ2n) is 27.0. The first-order valence-electron chi connectivity index (χ1n) is 29.7. The van der Waals surface area contributed by atoms with Crippen molar-refractivity contribution in [2.45, 2.75) is 182 Å². The quantitative estimate of drug-likeness (QED) is 0.0487. The Labute approximate surface area is 485 Å². The maximum absolute atomic E-state index is 14.5. The maximum Gasteiger partial charge on any atom is 0.338 e. The van der Waals surface area contributed by atoms with Crippen molar-refractivity contribution >= 4 is 29.8 Å². The molecule has 0 amide bonds. The van der Waals surface area contributed by atoms with Gasteiger partial charge in [0.25, 0.3) is 0 Å². The lowest BCUT2D eigenvalue weighted by molar-refractivity contribution is -0.329. The second-order valence-corrected chi connectivity index (χ2v) is 27.0. The maximum atomic E-state index is 14.5. The minimum absolute atomic E-state index is 0.0480. The van der Waals surface area contributed by atoms with Gasteiger partial charge < -0.3 is 38.3 Å². The van der Waals surface area contributed by atoms with Crippen LogP contribution in [-0.2, 0) is 38.0 Å². The van der Waals surface area contributed by atoms with Crippen LogP contribution >= 0.6 is 0 Å². The average molecular weight is 1120 g/mol. The van der Waals surface area contributed by atoms with Gasteiger partial charge in [0, 0.05) is 5.92 Å². The molecule has 13 unspecified atom stereocenters. The molecule has 4 saturated carbocycles. The molecule has 1 N–H and O–H groups in total. The molecule has 15 atom stereocenters. The molecule has 0 spiro atoms. The summed E-state index contributed by atoms with van der Waals surface area (Å²) in [6, 6.07) is 33.5. The molecular formula is C69H86O13. The molecule has 1 saturated heterocycles. The van der Waals surface area contributed by atoms with Crippen LogP contribution in [0.5, 0.6) is 0 Å². The van der Waals surface area contributed by atoms with Crippen molar-refractivity contribution in [2.75, 3.05) is 6.61 Å². The summed E-state index contributed by atoms with van der Waals surface area (Å²) in [5.74, 6) is -3.15. The van der Waals surface area contributed by atoms with E-state index in [1.165, 1.54) is 5.57 Å². The van der Waals surface area contributed by atoms with Gasteiger partial charge in [-0.05, 0) is 187 Å². The molecule has 5 fully saturated rings. The molecule has 0 radical (unpaired) electrons. The van der Waals surface area contributed by atoms with E-state index in [9.17, 15) is 29.1 Å². The zero-order chi connectivity index (χ0) is 59.0. The predicted octanol–water partition coefficient (Wildman–Crippen LogP) is 13.4. The van der Waals surface area contributed by atoms with Crippen LogP contribution in [0.15, 0.2) is 133 Å². The van der Waals surface area contributed by atoms with Crippen LogP contribution in [0.2, 0.25) is 0 Å². The number of esters is 5. The van der Waals surface area contributed by atoms with Crippen LogP contribution in [-0.4, -0.2) is 90.1 Å². The third-order valence-corrected chi connectivity index (χ3v) is 20.2. The van der Waals surface area contributed by atoms with Crippen LogP contribution in [0.4, 0.5) is 0 Å². The van der Waals surface area contributed by atoms with Gasteiger partial charge in [0.15, 0.2) is 24.6 Å². The van der Waals surface area contributed by atoms with Crippen molar-refractivity contribution in [2.24, 2.45) is 50.7 Å². The number of hydrogen-bond acceptors (Lipinski definition) is 13. The SMILES string of the molecule is CC(C)=CCC[C@](C)(O)C1CC[C@]2(C)C1C(OC(=O)C(C)(C)C)CC1C3(C)CCC(OC4OC(COC(=O)c5ccccc5)C(OC(=O)c5ccccc5)C(OC(=O)c5ccccc5)C4OC(=O)c4ccccc4)C(C)(C)C3CCC12C. The lowest BCUT2D eigenvalue weighted by atomic mass is 9.35. The first kappa shape index (κ1) is 60.4. The van der Waals surface area contributed by atoms with E-state index in [1.807, 2.05) is 27.7 Å². The number of carbonyl (C=O) groups is 5. The highest BCUT2D eigenvalue weighted by atomic mass is 16.7. The van der Waals surface area contributed by atoms with Gasteiger partial charge in [-0.3, -0.25) is 4.79 Å². The van der Waals surface area contributed by atoms with Gasteiger partial charge >= 0.3 is 29.8 Å². The Balaban J connectivity index is 1.08. The molecule has 9 rings (SSSR count). The summed E-state index contributed by atoms with van der Waals surface area (Å²) in [7, 11) is 0. The van der Waals surface area contributed by atoms with Crippen molar-refractivity contribution in [1.29, 1.82) is 0 Å². The van der Waals surface area contributed by atoms with Crippen molar-refractivity contribution in [3.8, 4) is 0 Å². The van der Waals surface area contributed by atoms with Gasteiger partial charge in [-0.15, -0.1) is 0 Å². The second kappa shape index (κ2) is 23.8. The normalized spacial score (nSPS) is 32.7. The van der Waals surface area contributed by atoms with Crippen molar-refractivity contribution in [3.05, 3.63) is 155 Å². The Morgan fingerprint density at radius 1 is 0.598 bits per heavy atom. The lowest BCUT2D eigenvalue weighted by Crippen LogP contribution is -2.68. The third kappa shape index (κ3) is 12.0. The number of benzene rings is 4. The van der Waals surface area contributed by atoms with Crippen molar-refractivity contribution in [3.63, 3.8) is 0 Å². The van der Waals surface area contributed by atoms with E-state index < -0.39 is 89.8 Å². The zero-order valence-corrected chi connectivity index (χ0v) is 49.9. The van der Waals surface area contributed by atoms with E-state index in [-0.39, 0.29) is 68.1 Å². The van der Waals surface area contributed by atoms with E-state index in [4.69, 9.17) is 33.2 Å². The highest BCUT2D eigenvalue weighted by molar-refractivity contribution is 5.91. The van der Waals surface area contributed by atoms with Crippen LogP contribution < -0.4 is 0 Å². The number of aliphatic hydroxyl groups is 1. The minimum Gasteiger partial charge on any atom is -0.462 e. The van der Waals surface area contributed by atoms with E-state index in [0.29, 0.717) is 19.3 Å². The Hall–Kier alpha value is -6.15. The molecule has 4 aliphatic carbocycles. The summed E-state index contributed by atoms with van der Waals surface area (Å²) in [5, 5.41) is 12.5. The van der Waals surface area contributed by atoms with E-state index in [1.54, 1.807) is 121 Å². The Morgan fingerprint density at radius 3 is 1.60 bits per heavy atom. The van der Waals surface area contributed by atoms with Gasteiger partial charge in [-0.25, -0.2) is 19.2 Å². The fourth-order valence-corrected chi connectivity index (χ4v) is 15.7. The van der Waals surface area contributed by atoms with Gasteiger partial charge in [0.05, 0.1) is 39.4 Å². The largest absolute Gasteiger partial charge is 0.462 e. The standard InChI is InChI=1S/C69H86O13/c1-43(2)25-24-37-69(11,75)48-34-39-68(10)54(48)49(78-63(74)64(3,4)5)41-52-66(8)38-36-53(65(6,7)51(66)35-40-67(52,68)9)79-62-57(82-61(73)47-32-22-15-23-33-47)56(81-60(72)46-30-20-14-21-31-46)55(80-59(71)45-28-18-13-19-29-45)50(77-62)42-76-58(70)44-26-16-12-17-27-44/h12-23,25-33,48-57,62,75H,24,34-42H2,1-11H3/t48?,49?,50?,51?,52?,53?,54?,55?,56?,57?,62?,66?,67?,68-,69+/m1/s1. The summed E-state index contributed by atoms with van der Waals surface area (Å²) in [4.78, 5) is 71.1. The van der Waals surface area contributed by atoms with Crippen LogP contribution in [0.3, 0.4) is 0 Å². The molecule has 5 aliphatic rings. The number of fused-ring (bicyclic) bond motifs is 5. The van der Waals surface area contributed by atoms with Crippen LogP contribution in [0.1, 0.15) is 175 Å². The fourth-order valence-electron chi connectivity index (χ4n) is 15.7. The molecule has 0 bridgehead atoms. The number of ether oxygens (including phenoxy) is 7. The van der Waals surface area contributed by atoms with E-state index in [2.05, 4.69) is 54.5 Å². The molecule has 0 aromatic heterocycles. The highest BCUT2D eigenvalue weighted by Gasteiger charge is 2.72. The molecule has 4 aromatic carbocycles. The zero-order valence-electron chi connectivity index (χ0n) is 49.9. The van der Waals surface area contributed by atoms with Crippen molar-refractivity contribution < 1.29 is 62.2 Å². The molecule has 440 valence electrons. The highest BCUT2D eigenvalue weighted by Crippen LogP contribution is 2.76. The molecule has 1 heterocycles. The summed E-state index contributed by atoms with van der Waals surface area (Å²) in [5.41, 5.74) is -0.885. The van der Waals surface area contributed by atoms with E-state index in [0.717, 1.165) is 38.5 Å².